The summed E-state index contributed by atoms with van der Waals surface area (Å²) < 4.78 is 16.2. The van der Waals surface area contributed by atoms with E-state index in [0.717, 1.165) is 22.6 Å². The molecule has 4 rings (SSSR count). The van der Waals surface area contributed by atoms with E-state index < -0.39 is 0 Å². The SMILES string of the molecule is COc1ccccc1NC(=O)c1ccc(NCc2cc(Cl)cc3c2OCOC3)cc1. The molecule has 1 heterocycles. The molecule has 0 saturated heterocycles. The van der Waals surface area contributed by atoms with Crippen molar-refractivity contribution in [2.75, 3.05) is 24.5 Å². The summed E-state index contributed by atoms with van der Waals surface area (Å²) in [5, 5.41) is 6.85. The molecule has 0 atom stereocenters. The van der Waals surface area contributed by atoms with Crippen molar-refractivity contribution in [1.29, 1.82) is 0 Å². The van der Waals surface area contributed by atoms with Gasteiger partial charge in [-0.15, -0.1) is 0 Å². The van der Waals surface area contributed by atoms with Crippen molar-refractivity contribution in [3.63, 3.8) is 0 Å². The van der Waals surface area contributed by atoms with Crippen molar-refractivity contribution in [1.82, 2.24) is 0 Å². The van der Waals surface area contributed by atoms with E-state index in [-0.39, 0.29) is 12.7 Å². The van der Waals surface area contributed by atoms with Crippen LogP contribution in [0.2, 0.25) is 5.02 Å². The molecule has 0 radical (unpaired) electrons. The number of nitrogens with one attached hydrogen (secondary N) is 2. The molecular weight excluding hydrogens is 404 g/mol. The summed E-state index contributed by atoms with van der Waals surface area (Å²) in [6.45, 7) is 1.26. The van der Waals surface area contributed by atoms with Crippen molar-refractivity contribution in [3.05, 3.63) is 82.4 Å². The Morgan fingerprint density at radius 3 is 2.73 bits per heavy atom. The van der Waals surface area contributed by atoms with Gasteiger partial charge in [-0.05, 0) is 48.5 Å². The number of halogens is 1. The van der Waals surface area contributed by atoms with Crippen LogP contribution >= 0.6 is 11.6 Å². The van der Waals surface area contributed by atoms with Crippen molar-refractivity contribution in [2.24, 2.45) is 0 Å². The van der Waals surface area contributed by atoms with Crippen LogP contribution in [0.5, 0.6) is 11.5 Å². The van der Waals surface area contributed by atoms with E-state index in [1.54, 1.807) is 31.4 Å². The second kappa shape index (κ2) is 9.07. The van der Waals surface area contributed by atoms with Gasteiger partial charge in [0.15, 0.2) is 6.79 Å². The Kier molecular flexibility index (Phi) is 6.07. The standard InChI is InChI=1S/C23H21ClN2O4/c1-28-21-5-3-2-4-20(21)26-23(27)15-6-8-19(9-7-15)25-12-16-10-18(24)11-17-13-29-14-30-22(16)17/h2-11,25H,12-14H2,1H3,(H,26,27). The van der Waals surface area contributed by atoms with Gasteiger partial charge < -0.3 is 24.8 Å². The maximum atomic E-state index is 12.5. The van der Waals surface area contributed by atoms with Gasteiger partial charge in [0.2, 0.25) is 0 Å². The van der Waals surface area contributed by atoms with Crippen molar-refractivity contribution in [2.45, 2.75) is 13.2 Å². The molecule has 0 spiro atoms. The number of rotatable bonds is 6. The van der Waals surface area contributed by atoms with E-state index in [2.05, 4.69) is 10.6 Å². The second-order valence-corrected chi connectivity index (χ2v) is 7.19. The first-order valence-electron chi connectivity index (χ1n) is 9.44. The van der Waals surface area contributed by atoms with Gasteiger partial charge in [0.05, 0.1) is 19.4 Å². The number of hydrogen-bond donors (Lipinski definition) is 2. The van der Waals surface area contributed by atoms with E-state index in [9.17, 15) is 4.79 Å². The molecule has 2 N–H and O–H groups in total. The summed E-state index contributed by atoms with van der Waals surface area (Å²) in [7, 11) is 1.57. The zero-order chi connectivity index (χ0) is 20.9. The highest BCUT2D eigenvalue weighted by atomic mass is 35.5. The first kappa shape index (κ1) is 20.1. The second-order valence-electron chi connectivity index (χ2n) is 6.75. The first-order valence-corrected chi connectivity index (χ1v) is 9.82. The van der Waals surface area contributed by atoms with Gasteiger partial charge in [-0.2, -0.15) is 0 Å². The predicted octanol–water partition coefficient (Wildman–Crippen LogP) is 5.08. The van der Waals surface area contributed by atoms with Crippen LogP contribution in [-0.4, -0.2) is 19.8 Å². The number of hydrogen-bond acceptors (Lipinski definition) is 5. The topological polar surface area (TPSA) is 68.8 Å². The number of methoxy groups -OCH3 is 1. The fourth-order valence-corrected chi connectivity index (χ4v) is 3.53. The highest BCUT2D eigenvalue weighted by Crippen LogP contribution is 2.32. The average molecular weight is 425 g/mol. The van der Waals surface area contributed by atoms with E-state index in [1.165, 1.54) is 0 Å². The Labute approximate surface area is 179 Å². The maximum Gasteiger partial charge on any atom is 0.255 e. The van der Waals surface area contributed by atoms with Crippen LogP contribution in [-0.2, 0) is 17.9 Å². The minimum atomic E-state index is -0.205. The number of benzene rings is 3. The van der Waals surface area contributed by atoms with Crippen LogP contribution in [0, 0.1) is 0 Å². The molecule has 0 unspecified atom stereocenters. The molecule has 1 amide bonds. The molecule has 3 aromatic carbocycles. The van der Waals surface area contributed by atoms with E-state index in [0.29, 0.717) is 35.2 Å². The lowest BCUT2D eigenvalue weighted by molar-refractivity contribution is -0.0169. The van der Waals surface area contributed by atoms with Gasteiger partial charge in [0.1, 0.15) is 11.5 Å². The highest BCUT2D eigenvalue weighted by molar-refractivity contribution is 6.30. The van der Waals surface area contributed by atoms with Crippen LogP contribution in [0.3, 0.4) is 0 Å². The van der Waals surface area contributed by atoms with Gasteiger partial charge in [-0.25, -0.2) is 0 Å². The molecule has 0 saturated carbocycles. The summed E-state index contributed by atoms with van der Waals surface area (Å²) in [4.78, 5) is 12.5. The Bertz CT molecular complexity index is 1050. The number of para-hydroxylation sites is 2. The van der Waals surface area contributed by atoms with Crippen molar-refractivity contribution >= 4 is 28.9 Å². The van der Waals surface area contributed by atoms with Crippen molar-refractivity contribution in [3.8, 4) is 11.5 Å². The molecule has 0 fully saturated rings. The van der Waals surface area contributed by atoms with E-state index in [1.807, 2.05) is 36.4 Å². The number of carbonyl (C=O) groups is 1. The van der Waals surface area contributed by atoms with Crippen LogP contribution in [0.4, 0.5) is 11.4 Å². The van der Waals surface area contributed by atoms with Crippen molar-refractivity contribution < 1.29 is 19.0 Å². The molecule has 7 heteroatoms. The minimum absolute atomic E-state index is 0.205. The summed E-state index contributed by atoms with van der Waals surface area (Å²) >= 11 is 6.22. The summed E-state index contributed by atoms with van der Waals surface area (Å²) in [6, 6.07) is 18.3. The predicted molar refractivity (Wildman–Crippen MR) is 116 cm³/mol. The molecule has 30 heavy (non-hydrogen) atoms. The van der Waals surface area contributed by atoms with E-state index >= 15 is 0 Å². The maximum absolute atomic E-state index is 12.5. The number of fused-ring (bicyclic) bond motifs is 1. The zero-order valence-electron chi connectivity index (χ0n) is 16.4. The molecular formula is C23H21ClN2O4. The Hall–Kier alpha value is -3.22. The van der Waals surface area contributed by atoms with Gasteiger partial charge in [-0.1, -0.05) is 23.7 Å². The van der Waals surface area contributed by atoms with Gasteiger partial charge in [0.25, 0.3) is 5.91 Å². The molecule has 154 valence electrons. The average Bonchev–Trinajstić information content (AvgIpc) is 2.78. The molecule has 0 aromatic heterocycles. The largest absolute Gasteiger partial charge is 0.495 e. The number of anilines is 2. The van der Waals surface area contributed by atoms with Crippen LogP contribution in [0.1, 0.15) is 21.5 Å². The lowest BCUT2D eigenvalue weighted by Crippen LogP contribution is -2.14. The monoisotopic (exact) mass is 424 g/mol. The summed E-state index contributed by atoms with van der Waals surface area (Å²) in [6.07, 6.45) is 0. The highest BCUT2D eigenvalue weighted by Gasteiger charge is 2.16. The summed E-state index contributed by atoms with van der Waals surface area (Å²) in [5.41, 5.74) is 3.95. The molecule has 0 aliphatic carbocycles. The van der Waals surface area contributed by atoms with Gasteiger partial charge in [0, 0.05) is 33.9 Å². The van der Waals surface area contributed by atoms with Crippen LogP contribution < -0.4 is 20.1 Å². The molecule has 3 aromatic rings. The lowest BCUT2D eigenvalue weighted by atomic mass is 10.1. The number of carbonyl (C=O) groups excluding carboxylic acids is 1. The zero-order valence-corrected chi connectivity index (χ0v) is 17.2. The molecule has 6 nitrogen and oxygen atoms in total. The number of ether oxygens (including phenoxy) is 3. The molecule has 1 aliphatic heterocycles. The fourth-order valence-electron chi connectivity index (χ4n) is 3.27. The molecule has 0 bridgehead atoms. The van der Waals surface area contributed by atoms with Crippen LogP contribution in [0.25, 0.3) is 0 Å². The van der Waals surface area contributed by atoms with Crippen LogP contribution in [0.15, 0.2) is 60.7 Å². The Morgan fingerprint density at radius 1 is 1.13 bits per heavy atom. The third-order valence-corrected chi connectivity index (χ3v) is 4.96. The first-order chi connectivity index (χ1) is 14.6. The van der Waals surface area contributed by atoms with E-state index in [4.69, 9.17) is 25.8 Å². The Balaban J connectivity index is 1.42. The van der Waals surface area contributed by atoms with Gasteiger partial charge in [-0.3, -0.25) is 4.79 Å². The van der Waals surface area contributed by atoms with Gasteiger partial charge >= 0.3 is 0 Å². The number of amides is 1. The molecule has 1 aliphatic rings. The minimum Gasteiger partial charge on any atom is -0.495 e. The smallest absolute Gasteiger partial charge is 0.255 e. The fraction of sp³-hybridized carbons (Fsp3) is 0.174. The third kappa shape index (κ3) is 4.50. The Morgan fingerprint density at radius 2 is 1.93 bits per heavy atom. The summed E-state index contributed by atoms with van der Waals surface area (Å²) in [5.74, 6) is 1.22. The lowest BCUT2D eigenvalue weighted by Gasteiger charge is -2.21. The normalized spacial score (nSPS) is 12.5. The third-order valence-electron chi connectivity index (χ3n) is 4.74. The quantitative estimate of drug-likeness (QED) is 0.577.